The van der Waals surface area contributed by atoms with Crippen LogP contribution in [0.25, 0.3) is 0 Å². The lowest BCUT2D eigenvalue weighted by molar-refractivity contribution is -0.524. The molecule has 0 aliphatic rings. The fourth-order valence-electron chi connectivity index (χ4n) is 1.88. The van der Waals surface area contributed by atoms with Crippen LogP contribution in [0.3, 0.4) is 0 Å². The highest BCUT2D eigenvalue weighted by atomic mass is 16.6. The normalized spacial score (nSPS) is 10.7. The van der Waals surface area contributed by atoms with Crippen LogP contribution in [0.5, 0.6) is 0 Å². The molecule has 17 heavy (non-hydrogen) atoms. The summed E-state index contributed by atoms with van der Waals surface area (Å²) in [7, 11) is 0. The minimum absolute atomic E-state index is 0.282. The van der Waals surface area contributed by atoms with E-state index in [1.165, 1.54) is 19.3 Å². The van der Waals surface area contributed by atoms with Crippen LogP contribution >= 0.6 is 0 Å². The maximum atomic E-state index is 10.3. The Balaban J connectivity index is 3.68. The summed E-state index contributed by atoms with van der Waals surface area (Å²) in [6.45, 7) is 1.58. The van der Waals surface area contributed by atoms with E-state index in [0.29, 0.717) is 6.42 Å². The topological polar surface area (TPSA) is 86.3 Å². The average molecular weight is 246 g/mol. The molecular weight excluding hydrogens is 224 g/mol. The molecule has 0 saturated carbocycles. The predicted octanol–water partition coefficient (Wildman–Crippen LogP) is 2.91. The third-order valence-electron chi connectivity index (χ3n) is 2.78. The van der Waals surface area contributed by atoms with E-state index in [0.717, 1.165) is 19.3 Å². The molecule has 0 heterocycles. The Morgan fingerprint density at radius 1 is 0.882 bits per heavy atom. The molecule has 0 unspecified atom stereocenters. The number of rotatable bonds is 11. The SMILES string of the molecule is CCCCCCCCC(C[N+](=O)[O-])C[N+](=O)[O-]. The molecule has 6 nitrogen and oxygen atoms in total. The smallest absolute Gasteiger partial charge is 0.212 e. The Morgan fingerprint density at radius 3 is 1.82 bits per heavy atom. The molecule has 0 saturated heterocycles. The Hall–Kier alpha value is -1.20. The second-order valence-corrected chi connectivity index (χ2v) is 4.45. The highest BCUT2D eigenvalue weighted by molar-refractivity contribution is 4.57. The van der Waals surface area contributed by atoms with Crippen molar-refractivity contribution < 1.29 is 9.85 Å². The second kappa shape index (κ2) is 9.99. The molecule has 0 aromatic carbocycles. The van der Waals surface area contributed by atoms with Crippen molar-refractivity contribution in [1.82, 2.24) is 0 Å². The maximum absolute atomic E-state index is 10.3. The molecular formula is C11H22N2O4. The third kappa shape index (κ3) is 11.1. The van der Waals surface area contributed by atoms with Crippen LogP contribution in [0.4, 0.5) is 0 Å². The summed E-state index contributed by atoms with van der Waals surface area (Å²) in [4.78, 5) is 19.8. The van der Waals surface area contributed by atoms with Gasteiger partial charge in [0.2, 0.25) is 13.1 Å². The molecule has 0 atom stereocenters. The summed E-state index contributed by atoms with van der Waals surface area (Å²) >= 11 is 0. The van der Waals surface area contributed by atoms with Crippen molar-refractivity contribution in [1.29, 1.82) is 0 Å². The van der Waals surface area contributed by atoms with Crippen molar-refractivity contribution in [3.8, 4) is 0 Å². The number of unbranched alkanes of at least 4 members (excludes halogenated alkanes) is 5. The summed E-state index contributed by atoms with van der Waals surface area (Å²) < 4.78 is 0. The van der Waals surface area contributed by atoms with Crippen molar-refractivity contribution in [3.05, 3.63) is 20.2 Å². The van der Waals surface area contributed by atoms with Crippen LogP contribution in [0.15, 0.2) is 0 Å². The van der Waals surface area contributed by atoms with E-state index in [1.54, 1.807) is 0 Å². The molecule has 0 radical (unpaired) electrons. The van der Waals surface area contributed by atoms with E-state index in [1.807, 2.05) is 0 Å². The molecule has 6 heteroatoms. The van der Waals surface area contributed by atoms with Gasteiger partial charge in [-0.3, -0.25) is 20.2 Å². The highest BCUT2D eigenvalue weighted by Gasteiger charge is 2.20. The van der Waals surface area contributed by atoms with Crippen molar-refractivity contribution in [2.75, 3.05) is 13.1 Å². The first-order valence-corrected chi connectivity index (χ1v) is 6.29. The van der Waals surface area contributed by atoms with Crippen molar-refractivity contribution in [2.24, 2.45) is 5.92 Å². The number of nitro groups is 2. The molecule has 100 valence electrons. The third-order valence-corrected chi connectivity index (χ3v) is 2.78. The van der Waals surface area contributed by atoms with Crippen LogP contribution in [0.1, 0.15) is 51.9 Å². The molecule has 0 spiro atoms. The van der Waals surface area contributed by atoms with E-state index in [-0.39, 0.29) is 13.1 Å². The van der Waals surface area contributed by atoms with Gasteiger partial charge in [0.1, 0.15) is 0 Å². The molecule has 0 bridgehead atoms. The van der Waals surface area contributed by atoms with Gasteiger partial charge < -0.3 is 0 Å². The molecule has 0 aromatic heterocycles. The Kier molecular flexibility index (Phi) is 9.28. The minimum Gasteiger partial charge on any atom is -0.265 e. The van der Waals surface area contributed by atoms with E-state index >= 15 is 0 Å². The molecule has 0 aliphatic carbocycles. The van der Waals surface area contributed by atoms with E-state index < -0.39 is 15.8 Å². The zero-order chi connectivity index (χ0) is 13.1. The summed E-state index contributed by atoms with van der Waals surface area (Å²) in [5, 5.41) is 20.7. The first-order valence-electron chi connectivity index (χ1n) is 6.29. The molecule has 0 fully saturated rings. The number of hydrogen-bond acceptors (Lipinski definition) is 4. The standard InChI is InChI=1S/C11H22N2O4/c1-2-3-4-5-6-7-8-11(9-12(14)15)10-13(16)17/h11H,2-10H2,1H3. The monoisotopic (exact) mass is 246 g/mol. The lowest BCUT2D eigenvalue weighted by Crippen LogP contribution is -2.22. The minimum atomic E-state index is -0.453. The van der Waals surface area contributed by atoms with Crippen molar-refractivity contribution in [2.45, 2.75) is 51.9 Å². The summed E-state index contributed by atoms with van der Waals surface area (Å²) in [5.41, 5.74) is 0. The summed E-state index contributed by atoms with van der Waals surface area (Å²) in [6.07, 6.45) is 7.18. The van der Waals surface area contributed by atoms with Gasteiger partial charge in [-0.1, -0.05) is 45.4 Å². The molecule has 0 rings (SSSR count). The molecule has 0 N–H and O–H groups in total. The quantitative estimate of drug-likeness (QED) is 0.318. The van der Waals surface area contributed by atoms with E-state index in [9.17, 15) is 20.2 Å². The Morgan fingerprint density at radius 2 is 1.35 bits per heavy atom. The van der Waals surface area contributed by atoms with Gasteiger partial charge in [0.15, 0.2) is 0 Å². The Bertz CT molecular complexity index is 218. The summed E-state index contributed by atoms with van der Waals surface area (Å²) in [6, 6.07) is 0. The van der Waals surface area contributed by atoms with Gasteiger partial charge in [-0.15, -0.1) is 0 Å². The molecule has 0 aromatic rings. The van der Waals surface area contributed by atoms with Crippen molar-refractivity contribution in [3.63, 3.8) is 0 Å². The van der Waals surface area contributed by atoms with Gasteiger partial charge >= 0.3 is 0 Å². The summed E-state index contributed by atoms with van der Waals surface area (Å²) in [5.74, 6) is -0.411. The zero-order valence-electron chi connectivity index (χ0n) is 10.5. The number of nitrogens with zero attached hydrogens (tertiary/aromatic N) is 2. The largest absolute Gasteiger partial charge is 0.265 e. The first kappa shape index (κ1) is 15.8. The van der Waals surface area contributed by atoms with E-state index in [4.69, 9.17) is 0 Å². The van der Waals surface area contributed by atoms with Crippen LogP contribution in [0.2, 0.25) is 0 Å². The lowest BCUT2D eigenvalue weighted by atomic mass is 10.0. The lowest BCUT2D eigenvalue weighted by Gasteiger charge is -2.07. The predicted molar refractivity (Wildman–Crippen MR) is 65.2 cm³/mol. The highest BCUT2D eigenvalue weighted by Crippen LogP contribution is 2.13. The first-order chi connectivity index (χ1) is 8.06. The van der Waals surface area contributed by atoms with Crippen molar-refractivity contribution >= 4 is 0 Å². The fraction of sp³-hybridized carbons (Fsp3) is 1.00. The van der Waals surface area contributed by atoms with E-state index in [2.05, 4.69) is 6.92 Å². The van der Waals surface area contributed by atoms with Gasteiger partial charge in [0.25, 0.3) is 0 Å². The van der Waals surface area contributed by atoms with Gasteiger partial charge in [-0.05, 0) is 6.42 Å². The Labute approximate surface area is 102 Å². The van der Waals surface area contributed by atoms with Gasteiger partial charge in [-0.25, -0.2) is 0 Å². The fourth-order valence-corrected chi connectivity index (χ4v) is 1.88. The zero-order valence-corrected chi connectivity index (χ0v) is 10.5. The molecule has 0 amide bonds. The van der Waals surface area contributed by atoms with Crippen LogP contribution < -0.4 is 0 Å². The molecule has 0 aliphatic heterocycles. The van der Waals surface area contributed by atoms with Crippen LogP contribution in [-0.2, 0) is 0 Å². The van der Waals surface area contributed by atoms with Crippen LogP contribution in [0, 0.1) is 26.1 Å². The van der Waals surface area contributed by atoms with Gasteiger partial charge in [0.05, 0.1) is 5.92 Å². The number of hydrogen-bond donors (Lipinski definition) is 0. The van der Waals surface area contributed by atoms with Gasteiger partial charge in [0, 0.05) is 9.85 Å². The van der Waals surface area contributed by atoms with Gasteiger partial charge in [-0.2, -0.15) is 0 Å². The maximum Gasteiger partial charge on any atom is 0.212 e. The second-order valence-electron chi connectivity index (χ2n) is 4.45. The van der Waals surface area contributed by atoms with Crippen LogP contribution in [-0.4, -0.2) is 22.9 Å². The average Bonchev–Trinajstić information content (AvgIpc) is 2.21.